The van der Waals surface area contributed by atoms with Gasteiger partial charge in [0, 0.05) is 18.2 Å². The number of hydrogen-bond acceptors (Lipinski definition) is 7. The molecular weight excluding hydrogens is 583 g/mol. The van der Waals surface area contributed by atoms with E-state index in [1.54, 1.807) is 30.5 Å². The van der Waals surface area contributed by atoms with E-state index in [1.165, 1.54) is 18.5 Å². The number of para-hydroxylation sites is 1. The van der Waals surface area contributed by atoms with Crippen LogP contribution >= 0.6 is 15.9 Å². The predicted octanol–water partition coefficient (Wildman–Crippen LogP) is 6.40. The Labute approximate surface area is 237 Å². The number of aromatic nitrogens is 4. The Morgan fingerprint density at radius 1 is 1.12 bits per heavy atom. The average Bonchev–Trinajstić information content (AvgIpc) is 3.53. The van der Waals surface area contributed by atoms with Crippen molar-refractivity contribution in [1.29, 1.82) is 0 Å². The van der Waals surface area contributed by atoms with Crippen LogP contribution in [-0.4, -0.2) is 36.9 Å². The van der Waals surface area contributed by atoms with Crippen molar-refractivity contribution in [2.45, 2.75) is 45.4 Å². The van der Waals surface area contributed by atoms with Crippen LogP contribution in [0.1, 0.15) is 32.0 Å². The Morgan fingerprint density at radius 2 is 1.88 bits per heavy atom. The summed E-state index contributed by atoms with van der Waals surface area (Å²) < 4.78 is 33.7. The highest BCUT2D eigenvalue weighted by atomic mass is 79.9. The van der Waals surface area contributed by atoms with Crippen LogP contribution in [0.3, 0.4) is 0 Å². The molecule has 5 aromatic rings. The van der Waals surface area contributed by atoms with Gasteiger partial charge in [-0.05, 0) is 78.7 Å². The minimum Gasteiger partial charge on any atom is -0.487 e. The Kier molecular flexibility index (Phi) is 7.57. The van der Waals surface area contributed by atoms with Crippen LogP contribution in [0.15, 0.2) is 76.0 Å². The topological polar surface area (TPSA) is 113 Å². The van der Waals surface area contributed by atoms with Gasteiger partial charge in [0.15, 0.2) is 5.76 Å². The zero-order valence-electron chi connectivity index (χ0n) is 22.0. The summed E-state index contributed by atoms with van der Waals surface area (Å²) >= 11 is 3.50. The van der Waals surface area contributed by atoms with Crippen molar-refractivity contribution in [3.8, 4) is 23.0 Å². The molecule has 0 unspecified atom stereocenters. The van der Waals surface area contributed by atoms with Crippen LogP contribution in [0.25, 0.3) is 22.4 Å². The van der Waals surface area contributed by atoms with Crippen LogP contribution < -0.4 is 9.47 Å². The third-order valence-corrected chi connectivity index (χ3v) is 6.90. The molecule has 1 N–H and O–H groups in total. The first kappa shape index (κ1) is 27.3. The minimum absolute atomic E-state index is 0.00975. The van der Waals surface area contributed by atoms with Crippen molar-refractivity contribution >= 4 is 33.0 Å². The van der Waals surface area contributed by atoms with Crippen LogP contribution in [0, 0.1) is 5.82 Å². The lowest BCUT2D eigenvalue weighted by molar-refractivity contribution is -0.145. The fraction of sp³-hybridized carbons (Fsp3) is 0.241. The molecule has 0 saturated carbocycles. The van der Waals surface area contributed by atoms with E-state index in [9.17, 15) is 14.3 Å². The van der Waals surface area contributed by atoms with E-state index < -0.39 is 12.1 Å². The summed E-state index contributed by atoms with van der Waals surface area (Å²) in [5.41, 5.74) is 2.12. The third kappa shape index (κ3) is 5.69. The van der Waals surface area contributed by atoms with Gasteiger partial charge in [-0.25, -0.2) is 19.2 Å². The molecule has 0 bridgehead atoms. The Bertz CT molecular complexity index is 1660. The molecule has 0 aliphatic rings. The molecule has 0 saturated heterocycles. The van der Waals surface area contributed by atoms with Crippen LogP contribution in [0.5, 0.6) is 11.6 Å². The molecule has 0 amide bonds. The zero-order valence-corrected chi connectivity index (χ0v) is 23.6. The normalized spacial score (nSPS) is 12.4. The number of carboxylic acids is 1. The molecule has 0 radical (unpaired) electrons. The summed E-state index contributed by atoms with van der Waals surface area (Å²) in [6.07, 6.45) is 1.67. The summed E-state index contributed by atoms with van der Waals surface area (Å²) in [7, 11) is 0. The van der Waals surface area contributed by atoms with Gasteiger partial charge in [-0.3, -0.25) is 4.68 Å². The van der Waals surface area contributed by atoms with Crippen molar-refractivity contribution < 1.29 is 28.2 Å². The number of furan rings is 1. The van der Waals surface area contributed by atoms with Gasteiger partial charge in [-0.2, -0.15) is 5.10 Å². The molecule has 5 rings (SSSR count). The SMILES string of the molecule is CC(C)(C)n1nccc1COc1ccccc1C[C@@H](Oc1ncnc2oc(-c3ccc(F)cc3)c(Br)c12)C(=O)O. The van der Waals surface area contributed by atoms with E-state index >= 15 is 0 Å². The van der Waals surface area contributed by atoms with Gasteiger partial charge in [0.25, 0.3) is 0 Å². The molecular formula is C29H26BrFN4O5. The number of halogens is 2. The number of ether oxygens (including phenoxy) is 2. The first-order valence-corrected chi connectivity index (χ1v) is 13.2. The third-order valence-electron chi connectivity index (χ3n) is 6.14. The molecule has 3 aromatic heterocycles. The molecule has 206 valence electrons. The van der Waals surface area contributed by atoms with Gasteiger partial charge in [-0.15, -0.1) is 0 Å². The average molecular weight is 609 g/mol. The van der Waals surface area contributed by atoms with E-state index in [0.29, 0.717) is 32.5 Å². The maximum absolute atomic E-state index is 13.4. The number of aliphatic carboxylic acids is 1. The molecule has 9 nitrogen and oxygen atoms in total. The van der Waals surface area contributed by atoms with Gasteiger partial charge in [0.05, 0.1) is 15.7 Å². The number of nitrogens with zero attached hydrogens (tertiary/aromatic N) is 4. The fourth-order valence-electron chi connectivity index (χ4n) is 4.27. The standard InChI is InChI=1S/C29H26BrFN4O5/c1-29(2,3)35-20(12-13-34-35)15-38-21-7-5-4-6-18(21)14-22(28(36)37)39-26-23-24(30)25(40-27(23)33-16-32-26)17-8-10-19(31)11-9-17/h4-13,16,22H,14-15H2,1-3H3,(H,36,37)/t22-/m1/s1. The maximum atomic E-state index is 13.4. The maximum Gasteiger partial charge on any atom is 0.345 e. The van der Waals surface area contributed by atoms with Crippen LogP contribution in [-0.2, 0) is 23.4 Å². The number of rotatable bonds is 9. The summed E-state index contributed by atoms with van der Waals surface area (Å²) in [5.74, 6) is -0.594. The number of hydrogen-bond donors (Lipinski definition) is 1. The number of fused-ring (bicyclic) bond motifs is 1. The molecule has 11 heteroatoms. The first-order valence-electron chi connectivity index (χ1n) is 12.4. The molecule has 1 atom stereocenters. The van der Waals surface area contributed by atoms with E-state index in [1.807, 2.05) is 22.9 Å². The zero-order chi connectivity index (χ0) is 28.4. The highest BCUT2D eigenvalue weighted by Gasteiger charge is 2.27. The van der Waals surface area contributed by atoms with Crippen LogP contribution in [0.2, 0.25) is 0 Å². The molecule has 0 aliphatic carbocycles. The highest BCUT2D eigenvalue weighted by Crippen LogP contribution is 2.40. The lowest BCUT2D eigenvalue weighted by Gasteiger charge is -2.23. The number of carbonyl (C=O) groups is 1. The van der Waals surface area contributed by atoms with Gasteiger partial charge in [0.1, 0.15) is 29.9 Å². The van der Waals surface area contributed by atoms with E-state index in [2.05, 4.69) is 51.8 Å². The van der Waals surface area contributed by atoms with Gasteiger partial charge in [-0.1, -0.05) is 18.2 Å². The van der Waals surface area contributed by atoms with Crippen LogP contribution in [0.4, 0.5) is 4.39 Å². The quantitative estimate of drug-likeness (QED) is 0.205. The molecule has 0 aliphatic heterocycles. The van der Waals surface area contributed by atoms with E-state index in [0.717, 1.165) is 5.69 Å². The first-order chi connectivity index (χ1) is 19.1. The second-order valence-corrected chi connectivity index (χ2v) is 10.9. The highest BCUT2D eigenvalue weighted by molar-refractivity contribution is 9.10. The van der Waals surface area contributed by atoms with Crippen molar-refractivity contribution in [1.82, 2.24) is 19.7 Å². The number of carboxylic acid groups (broad SMARTS) is 1. The summed E-state index contributed by atoms with van der Waals surface area (Å²) in [4.78, 5) is 20.7. The summed E-state index contributed by atoms with van der Waals surface area (Å²) in [6, 6.07) is 14.9. The fourth-order valence-corrected chi connectivity index (χ4v) is 4.92. The van der Waals surface area contributed by atoms with Crippen molar-refractivity contribution in [2.75, 3.05) is 0 Å². The lowest BCUT2D eigenvalue weighted by atomic mass is 10.1. The van der Waals surface area contributed by atoms with Gasteiger partial charge < -0.3 is 19.0 Å². The molecule has 2 aromatic carbocycles. The Hall–Kier alpha value is -4.25. The Morgan fingerprint density at radius 3 is 2.60 bits per heavy atom. The monoisotopic (exact) mass is 608 g/mol. The minimum atomic E-state index is -1.29. The second-order valence-electron chi connectivity index (χ2n) is 10.1. The van der Waals surface area contributed by atoms with Crippen molar-refractivity contribution in [2.24, 2.45) is 0 Å². The van der Waals surface area contributed by atoms with Crippen molar-refractivity contribution in [3.63, 3.8) is 0 Å². The summed E-state index contributed by atoms with van der Waals surface area (Å²) in [6.45, 7) is 6.42. The second kappa shape index (κ2) is 11.1. The smallest absolute Gasteiger partial charge is 0.345 e. The Balaban J connectivity index is 1.40. The van der Waals surface area contributed by atoms with Gasteiger partial charge >= 0.3 is 5.97 Å². The van der Waals surface area contributed by atoms with Crippen molar-refractivity contribution in [3.05, 3.63) is 88.7 Å². The largest absolute Gasteiger partial charge is 0.487 e. The van der Waals surface area contributed by atoms with Gasteiger partial charge in [0.2, 0.25) is 17.7 Å². The van der Waals surface area contributed by atoms with E-state index in [-0.39, 0.29) is 36.0 Å². The molecule has 40 heavy (non-hydrogen) atoms. The number of benzene rings is 2. The molecule has 3 heterocycles. The molecule has 0 fully saturated rings. The summed E-state index contributed by atoms with van der Waals surface area (Å²) in [5, 5.41) is 14.8. The van der Waals surface area contributed by atoms with E-state index in [4.69, 9.17) is 13.9 Å². The lowest BCUT2D eigenvalue weighted by Crippen LogP contribution is -2.30. The molecule has 0 spiro atoms. The predicted molar refractivity (Wildman–Crippen MR) is 149 cm³/mol.